The van der Waals surface area contributed by atoms with Gasteiger partial charge in [-0.15, -0.1) is 0 Å². The number of aryl methyl sites for hydroxylation is 3. The second-order valence-corrected chi connectivity index (χ2v) is 14.4. The van der Waals surface area contributed by atoms with Gasteiger partial charge in [0.25, 0.3) is 0 Å². The Kier molecular flexibility index (Phi) is 9.01. The summed E-state index contributed by atoms with van der Waals surface area (Å²) in [4.78, 5) is 0.329. The molecule has 4 rings (SSSR count). The third-order valence-corrected chi connectivity index (χ3v) is 10.3. The highest BCUT2D eigenvalue weighted by atomic mass is 32.2. The predicted octanol–water partition coefficient (Wildman–Crippen LogP) is 7.13. The van der Waals surface area contributed by atoms with Crippen molar-refractivity contribution in [2.45, 2.75) is 49.7 Å². The molecule has 10 heteroatoms. The molecule has 222 valence electrons. The number of halogens is 3. The van der Waals surface area contributed by atoms with Crippen molar-refractivity contribution in [1.82, 2.24) is 4.31 Å². The van der Waals surface area contributed by atoms with Gasteiger partial charge in [0.1, 0.15) is 0 Å². The van der Waals surface area contributed by atoms with Crippen LogP contribution in [0.25, 0.3) is 11.1 Å². The summed E-state index contributed by atoms with van der Waals surface area (Å²) in [7, 11) is -7.49. The number of nitrogens with zero attached hydrogens (tertiary/aromatic N) is 1. The first-order chi connectivity index (χ1) is 19.6. The smallest absolute Gasteiger partial charge is 0.224 e. The molecule has 0 aliphatic rings. The van der Waals surface area contributed by atoms with Gasteiger partial charge in [-0.05, 0) is 78.8 Å². The van der Waals surface area contributed by atoms with Gasteiger partial charge in [-0.3, -0.25) is 0 Å². The molecule has 0 spiro atoms. The van der Waals surface area contributed by atoms with Crippen molar-refractivity contribution in [1.29, 1.82) is 0 Å². The van der Waals surface area contributed by atoms with Crippen molar-refractivity contribution in [2.75, 3.05) is 12.8 Å². The Labute approximate surface area is 245 Å². The van der Waals surface area contributed by atoms with E-state index in [0.29, 0.717) is 22.3 Å². The monoisotopic (exact) mass is 615 g/mol. The maximum atomic E-state index is 14.1. The minimum atomic E-state index is -4.56. The molecule has 42 heavy (non-hydrogen) atoms. The van der Waals surface area contributed by atoms with Crippen LogP contribution in [-0.2, 0) is 39.0 Å². The van der Waals surface area contributed by atoms with Crippen LogP contribution in [0.15, 0.2) is 94.7 Å². The van der Waals surface area contributed by atoms with Gasteiger partial charge in [0.15, 0.2) is 9.84 Å². The minimum absolute atomic E-state index is 0.0173. The summed E-state index contributed by atoms with van der Waals surface area (Å²) in [6, 6.07) is 22.3. The predicted molar refractivity (Wildman–Crippen MR) is 158 cm³/mol. The number of alkyl halides is 3. The Morgan fingerprint density at radius 3 is 1.95 bits per heavy atom. The van der Waals surface area contributed by atoms with E-state index in [2.05, 4.69) is 0 Å². The number of sulfonamides is 1. The first-order valence-corrected chi connectivity index (χ1v) is 16.5. The van der Waals surface area contributed by atoms with Crippen molar-refractivity contribution in [3.63, 3.8) is 0 Å². The number of hydrogen-bond acceptors (Lipinski definition) is 4. The molecule has 0 saturated carbocycles. The van der Waals surface area contributed by atoms with Crippen LogP contribution in [0.4, 0.5) is 13.2 Å². The summed E-state index contributed by atoms with van der Waals surface area (Å²) in [6.07, 6.45) is -3.56. The zero-order valence-corrected chi connectivity index (χ0v) is 25.4. The maximum absolute atomic E-state index is 14.1. The van der Waals surface area contributed by atoms with E-state index in [4.69, 9.17) is 0 Å². The molecule has 0 N–H and O–H groups in total. The number of benzene rings is 4. The van der Waals surface area contributed by atoms with Crippen molar-refractivity contribution >= 4 is 19.9 Å². The van der Waals surface area contributed by atoms with Crippen molar-refractivity contribution in [3.8, 4) is 11.1 Å². The fourth-order valence-corrected chi connectivity index (χ4v) is 7.67. The highest BCUT2D eigenvalue weighted by Crippen LogP contribution is 2.33. The van der Waals surface area contributed by atoms with E-state index >= 15 is 0 Å². The Bertz CT molecular complexity index is 1790. The summed E-state index contributed by atoms with van der Waals surface area (Å²) in [5, 5.41) is 0. The van der Waals surface area contributed by atoms with E-state index < -0.39 is 31.6 Å². The molecule has 0 aliphatic heterocycles. The van der Waals surface area contributed by atoms with Gasteiger partial charge < -0.3 is 0 Å². The van der Waals surface area contributed by atoms with Crippen LogP contribution in [0.3, 0.4) is 0 Å². The molecule has 0 bridgehead atoms. The number of sulfone groups is 1. The van der Waals surface area contributed by atoms with Gasteiger partial charge in [-0.2, -0.15) is 17.5 Å². The largest absolute Gasteiger partial charge is 0.416 e. The van der Waals surface area contributed by atoms with E-state index in [9.17, 15) is 30.0 Å². The van der Waals surface area contributed by atoms with Gasteiger partial charge >= 0.3 is 6.18 Å². The molecule has 0 heterocycles. The SMILES string of the molecule is Cc1cc(C)c(S(=O)(=O)N(CCc2ccccc2C(F)(F)F)Cc2ccc(-c3cccc(S(C)(=O)=O)c3)cc2)c(C)c1. The van der Waals surface area contributed by atoms with Gasteiger partial charge in [-0.1, -0.05) is 72.3 Å². The lowest BCUT2D eigenvalue weighted by Crippen LogP contribution is -2.34. The Hall–Kier alpha value is -3.47. The lowest BCUT2D eigenvalue weighted by molar-refractivity contribution is -0.138. The van der Waals surface area contributed by atoms with Crippen LogP contribution < -0.4 is 0 Å². The van der Waals surface area contributed by atoms with E-state index in [1.165, 1.54) is 28.6 Å². The standard InChI is InChI=1S/C32H32F3NO4S2/c1-22-18-23(2)31(24(3)19-22)42(39,40)36(17-16-27-8-5-6-11-30(27)32(33,34)35)21-25-12-14-26(15-13-25)28-9-7-10-29(20-28)41(4,37)38/h5-15,18-20H,16-17,21H2,1-4H3. The zero-order valence-electron chi connectivity index (χ0n) is 23.7. The summed E-state index contributed by atoms with van der Waals surface area (Å²) >= 11 is 0. The summed E-state index contributed by atoms with van der Waals surface area (Å²) in [6.45, 7) is 5.07. The maximum Gasteiger partial charge on any atom is 0.416 e. The van der Waals surface area contributed by atoms with Crippen LogP contribution in [0, 0.1) is 20.8 Å². The minimum Gasteiger partial charge on any atom is -0.224 e. The molecule has 0 unspecified atom stereocenters. The third kappa shape index (κ3) is 7.11. The molecule has 0 radical (unpaired) electrons. The molecular formula is C32H32F3NO4S2. The Morgan fingerprint density at radius 1 is 0.738 bits per heavy atom. The summed E-state index contributed by atoms with van der Waals surface area (Å²) in [5.74, 6) is 0. The molecule has 0 saturated heterocycles. The second kappa shape index (κ2) is 12.0. The van der Waals surface area contributed by atoms with E-state index in [-0.39, 0.29) is 34.9 Å². The van der Waals surface area contributed by atoms with Crippen LogP contribution in [0.5, 0.6) is 0 Å². The van der Waals surface area contributed by atoms with Crippen molar-refractivity contribution in [2.24, 2.45) is 0 Å². The van der Waals surface area contributed by atoms with Gasteiger partial charge in [-0.25, -0.2) is 16.8 Å². The Balaban J connectivity index is 1.70. The fraction of sp³-hybridized carbons (Fsp3) is 0.250. The first-order valence-electron chi connectivity index (χ1n) is 13.2. The highest BCUT2D eigenvalue weighted by molar-refractivity contribution is 7.90. The van der Waals surface area contributed by atoms with Gasteiger partial charge in [0.2, 0.25) is 10.0 Å². The second-order valence-electron chi connectivity index (χ2n) is 10.5. The van der Waals surface area contributed by atoms with Gasteiger partial charge in [0.05, 0.1) is 15.4 Å². The lowest BCUT2D eigenvalue weighted by Gasteiger charge is -2.25. The van der Waals surface area contributed by atoms with E-state index in [1.54, 1.807) is 68.4 Å². The Morgan fingerprint density at radius 2 is 1.36 bits per heavy atom. The van der Waals surface area contributed by atoms with E-state index in [0.717, 1.165) is 23.4 Å². The fourth-order valence-electron chi connectivity index (χ4n) is 5.16. The quantitative estimate of drug-likeness (QED) is 0.201. The normalized spacial score (nSPS) is 12.6. The van der Waals surface area contributed by atoms with Crippen LogP contribution in [0.2, 0.25) is 0 Å². The highest BCUT2D eigenvalue weighted by Gasteiger charge is 2.34. The number of hydrogen-bond donors (Lipinski definition) is 0. The topological polar surface area (TPSA) is 71.5 Å². The molecule has 0 aliphatic carbocycles. The van der Waals surface area contributed by atoms with Crippen LogP contribution in [0.1, 0.15) is 33.4 Å². The van der Waals surface area contributed by atoms with Crippen LogP contribution in [-0.4, -0.2) is 33.9 Å². The zero-order chi connectivity index (χ0) is 30.9. The molecule has 0 amide bonds. The molecule has 0 fully saturated rings. The number of rotatable bonds is 9. The van der Waals surface area contributed by atoms with Crippen molar-refractivity contribution < 1.29 is 30.0 Å². The average Bonchev–Trinajstić information content (AvgIpc) is 2.90. The molecule has 4 aromatic carbocycles. The molecular weight excluding hydrogens is 583 g/mol. The summed E-state index contributed by atoms with van der Waals surface area (Å²) in [5.41, 5.74) is 3.32. The first kappa shape index (κ1) is 31.5. The molecule has 5 nitrogen and oxygen atoms in total. The summed E-state index contributed by atoms with van der Waals surface area (Å²) < 4.78 is 94.3. The molecule has 0 aromatic heterocycles. The van der Waals surface area contributed by atoms with E-state index in [1.807, 2.05) is 6.92 Å². The average molecular weight is 616 g/mol. The van der Waals surface area contributed by atoms with Gasteiger partial charge in [0, 0.05) is 19.3 Å². The van der Waals surface area contributed by atoms with Crippen molar-refractivity contribution in [3.05, 3.63) is 118 Å². The molecule has 0 atom stereocenters. The lowest BCUT2D eigenvalue weighted by atomic mass is 10.0. The van der Waals surface area contributed by atoms with Crippen LogP contribution >= 0.6 is 0 Å². The molecule has 4 aromatic rings. The third-order valence-electron chi connectivity index (χ3n) is 7.06.